The van der Waals surface area contributed by atoms with E-state index in [0.717, 1.165) is 5.56 Å². The molecule has 1 aromatic carbocycles. The van der Waals surface area contributed by atoms with Crippen molar-refractivity contribution in [1.82, 2.24) is 9.88 Å². The predicted molar refractivity (Wildman–Crippen MR) is 91.3 cm³/mol. The first-order valence-corrected chi connectivity index (χ1v) is 7.83. The van der Waals surface area contributed by atoms with Crippen molar-refractivity contribution in [1.29, 1.82) is 0 Å². The summed E-state index contributed by atoms with van der Waals surface area (Å²) in [4.78, 5) is 18.1. The van der Waals surface area contributed by atoms with Crippen molar-refractivity contribution in [2.45, 2.75) is 13.0 Å². The zero-order valence-electron chi connectivity index (χ0n) is 12.8. The molecule has 6 heteroatoms. The van der Waals surface area contributed by atoms with Crippen LogP contribution in [0.2, 0.25) is 5.02 Å². The molecule has 2 aromatic rings. The van der Waals surface area contributed by atoms with E-state index in [2.05, 4.69) is 10.3 Å². The Hall–Kier alpha value is -1.95. The quantitative estimate of drug-likeness (QED) is 0.779. The second kappa shape index (κ2) is 9.25. The van der Waals surface area contributed by atoms with Crippen LogP contribution in [0.3, 0.4) is 0 Å². The van der Waals surface area contributed by atoms with E-state index in [9.17, 15) is 9.90 Å². The number of halogens is 1. The number of amides is 1. The molecule has 2 rings (SSSR count). The number of carbonyl (C=O) groups is 1. The lowest BCUT2D eigenvalue weighted by molar-refractivity contribution is -0.116. The van der Waals surface area contributed by atoms with Crippen molar-refractivity contribution >= 4 is 23.2 Å². The summed E-state index contributed by atoms with van der Waals surface area (Å²) >= 11 is 6.02. The highest BCUT2D eigenvalue weighted by atomic mass is 35.5. The van der Waals surface area contributed by atoms with Gasteiger partial charge in [0, 0.05) is 38.4 Å². The Morgan fingerprint density at radius 3 is 2.74 bits per heavy atom. The second-order valence-corrected chi connectivity index (χ2v) is 5.55. The number of aliphatic hydroxyl groups excluding tert-OH is 1. The smallest absolute Gasteiger partial charge is 0.225 e. The molecule has 1 aromatic heterocycles. The van der Waals surface area contributed by atoms with Gasteiger partial charge in [-0.25, -0.2) is 0 Å². The number of carbonyl (C=O) groups excluding carboxylic acids is 1. The van der Waals surface area contributed by atoms with Gasteiger partial charge < -0.3 is 10.4 Å². The van der Waals surface area contributed by atoms with Crippen molar-refractivity contribution < 1.29 is 9.90 Å². The van der Waals surface area contributed by atoms with Crippen LogP contribution in [0.5, 0.6) is 0 Å². The first-order chi connectivity index (χ1) is 11.2. The van der Waals surface area contributed by atoms with Crippen LogP contribution in [0.15, 0.2) is 48.8 Å². The van der Waals surface area contributed by atoms with Crippen molar-refractivity contribution in [2.75, 3.05) is 25.0 Å². The Morgan fingerprint density at radius 2 is 2.04 bits per heavy atom. The molecule has 0 aliphatic heterocycles. The van der Waals surface area contributed by atoms with Gasteiger partial charge in [0.25, 0.3) is 0 Å². The number of hydrogen-bond acceptors (Lipinski definition) is 4. The molecule has 0 bridgehead atoms. The van der Waals surface area contributed by atoms with Gasteiger partial charge in [-0.1, -0.05) is 29.8 Å². The third-order valence-corrected chi connectivity index (χ3v) is 3.68. The van der Waals surface area contributed by atoms with Crippen molar-refractivity contribution in [3.05, 3.63) is 59.4 Å². The lowest BCUT2D eigenvalue weighted by Crippen LogP contribution is -2.30. The molecule has 1 amide bonds. The van der Waals surface area contributed by atoms with E-state index in [4.69, 9.17) is 11.6 Å². The summed E-state index contributed by atoms with van der Waals surface area (Å²) in [6, 6.07) is 11.0. The van der Waals surface area contributed by atoms with E-state index >= 15 is 0 Å². The van der Waals surface area contributed by atoms with Gasteiger partial charge >= 0.3 is 0 Å². The number of hydrogen-bond donors (Lipinski definition) is 2. The van der Waals surface area contributed by atoms with E-state index in [-0.39, 0.29) is 12.5 Å². The van der Waals surface area contributed by atoms with E-state index in [1.54, 1.807) is 24.5 Å². The van der Waals surface area contributed by atoms with E-state index in [1.807, 2.05) is 29.2 Å². The highest BCUT2D eigenvalue weighted by Gasteiger charge is 2.10. The number of aromatic nitrogens is 1. The Bertz CT molecular complexity index is 622. The van der Waals surface area contributed by atoms with Crippen LogP contribution in [0.1, 0.15) is 12.0 Å². The minimum atomic E-state index is -0.104. The number of pyridine rings is 1. The maximum atomic E-state index is 12.1. The normalized spacial score (nSPS) is 10.7. The molecule has 23 heavy (non-hydrogen) atoms. The van der Waals surface area contributed by atoms with Gasteiger partial charge in [-0.2, -0.15) is 0 Å². The summed E-state index contributed by atoms with van der Waals surface area (Å²) in [6.07, 6.45) is 3.83. The predicted octanol–water partition coefficient (Wildman–Crippen LogP) is 2.56. The minimum Gasteiger partial charge on any atom is -0.395 e. The van der Waals surface area contributed by atoms with Crippen LogP contribution in [0.4, 0.5) is 5.69 Å². The fraction of sp³-hybridized carbons (Fsp3) is 0.294. The van der Waals surface area contributed by atoms with Crippen molar-refractivity contribution in [2.24, 2.45) is 0 Å². The topological polar surface area (TPSA) is 65.5 Å². The molecule has 1 heterocycles. The van der Waals surface area contributed by atoms with Crippen LogP contribution in [0.25, 0.3) is 0 Å². The molecule has 0 aliphatic rings. The molecule has 2 N–H and O–H groups in total. The summed E-state index contributed by atoms with van der Waals surface area (Å²) in [5.41, 5.74) is 1.66. The van der Waals surface area contributed by atoms with Gasteiger partial charge in [-0.15, -0.1) is 0 Å². The molecule has 0 aliphatic carbocycles. The summed E-state index contributed by atoms with van der Waals surface area (Å²) in [5, 5.41) is 12.5. The molecule has 0 saturated heterocycles. The fourth-order valence-electron chi connectivity index (χ4n) is 2.20. The summed E-state index contributed by atoms with van der Waals surface area (Å²) in [5.74, 6) is -0.104. The van der Waals surface area contributed by atoms with Crippen LogP contribution < -0.4 is 5.32 Å². The number of nitrogens with zero attached hydrogens (tertiary/aromatic N) is 2. The first kappa shape index (κ1) is 17.4. The minimum absolute atomic E-state index is 0.0480. The average Bonchev–Trinajstić information content (AvgIpc) is 2.56. The summed E-state index contributed by atoms with van der Waals surface area (Å²) in [7, 11) is 0. The Labute approximate surface area is 140 Å². The lowest BCUT2D eigenvalue weighted by Gasteiger charge is -2.21. The van der Waals surface area contributed by atoms with Gasteiger partial charge in [0.15, 0.2) is 0 Å². The number of anilines is 1. The summed E-state index contributed by atoms with van der Waals surface area (Å²) < 4.78 is 0. The number of para-hydroxylation sites is 1. The zero-order valence-corrected chi connectivity index (χ0v) is 13.5. The summed E-state index contributed by atoms with van der Waals surface area (Å²) in [6.45, 7) is 1.75. The van der Waals surface area contributed by atoms with Crippen molar-refractivity contribution in [3.8, 4) is 0 Å². The van der Waals surface area contributed by atoms with Gasteiger partial charge in [-0.3, -0.25) is 14.7 Å². The van der Waals surface area contributed by atoms with Gasteiger partial charge in [0.1, 0.15) is 0 Å². The Morgan fingerprint density at radius 1 is 1.22 bits per heavy atom. The van der Waals surface area contributed by atoms with Crippen LogP contribution in [-0.2, 0) is 11.3 Å². The molecule has 0 fully saturated rings. The number of rotatable bonds is 8. The molecule has 0 saturated carbocycles. The molecule has 122 valence electrons. The van der Waals surface area contributed by atoms with E-state index in [1.165, 1.54) is 0 Å². The standard InChI is InChI=1S/C17H20ClN3O2/c18-15-5-1-2-6-16(15)20-17(23)7-9-21(10-11-22)13-14-4-3-8-19-12-14/h1-6,8,12,22H,7,9-11,13H2,(H,20,23). The largest absolute Gasteiger partial charge is 0.395 e. The SMILES string of the molecule is O=C(CCN(CCO)Cc1cccnc1)Nc1ccccc1Cl. The second-order valence-electron chi connectivity index (χ2n) is 5.14. The number of aliphatic hydroxyl groups is 1. The third kappa shape index (κ3) is 5.98. The highest BCUT2D eigenvalue weighted by Crippen LogP contribution is 2.20. The molecule has 0 atom stereocenters. The molecule has 0 radical (unpaired) electrons. The van der Waals surface area contributed by atoms with Gasteiger partial charge in [-0.05, 0) is 23.8 Å². The fourth-order valence-corrected chi connectivity index (χ4v) is 2.38. The monoisotopic (exact) mass is 333 g/mol. The van der Waals surface area contributed by atoms with Crippen LogP contribution in [-0.4, -0.2) is 40.6 Å². The zero-order chi connectivity index (χ0) is 16.5. The maximum absolute atomic E-state index is 12.1. The first-order valence-electron chi connectivity index (χ1n) is 7.45. The molecule has 0 unspecified atom stereocenters. The van der Waals surface area contributed by atoms with E-state index in [0.29, 0.717) is 36.8 Å². The molecular formula is C17H20ClN3O2. The third-order valence-electron chi connectivity index (χ3n) is 3.35. The average molecular weight is 334 g/mol. The van der Waals surface area contributed by atoms with Gasteiger partial charge in [0.2, 0.25) is 5.91 Å². The Balaban J connectivity index is 1.85. The van der Waals surface area contributed by atoms with Crippen LogP contribution in [0, 0.1) is 0 Å². The highest BCUT2D eigenvalue weighted by molar-refractivity contribution is 6.33. The number of nitrogens with one attached hydrogen (secondary N) is 1. The number of benzene rings is 1. The Kier molecular flexibility index (Phi) is 7.00. The van der Waals surface area contributed by atoms with Crippen molar-refractivity contribution in [3.63, 3.8) is 0 Å². The lowest BCUT2D eigenvalue weighted by atomic mass is 10.2. The van der Waals surface area contributed by atoms with E-state index < -0.39 is 0 Å². The maximum Gasteiger partial charge on any atom is 0.225 e. The van der Waals surface area contributed by atoms with Gasteiger partial charge in [0.05, 0.1) is 17.3 Å². The molecule has 0 spiro atoms. The molecular weight excluding hydrogens is 314 g/mol. The van der Waals surface area contributed by atoms with Crippen LogP contribution >= 0.6 is 11.6 Å². The molecule has 5 nitrogen and oxygen atoms in total.